The zero-order valence-electron chi connectivity index (χ0n) is 12.4. The van der Waals surface area contributed by atoms with Crippen LogP contribution in [0.25, 0.3) is 0 Å². The maximum Gasteiger partial charge on any atom is 0.321 e. The van der Waals surface area contributed by atoms with Crippen molar-refractivity contribution in [3.05, 3.63) is 24.3 Å². The monoisotopic (exact) mass is 291 g/mol. The molecule has 3 amide bonds. The molecular formula is C15H21N3O3. The normalized spacial score (nSPS) is 15.7. The number of amides is 3. The number of nitrogens with one attached hydrogen (secondary N) is 2. The van der Waals surface area contributed by atoms with Crippen molar-refractivity contribution in [2.24, 2.45) is 0 Å². The van der Waals surface area contributed by atoms with Crippen LogP contribution >= 0.6 is 0 Å². The van der Waals surface area contributed by atoms with E-state index in [9.17, 15) is 9.59 Å². The largest absolute Gasteiger partial charge is 0.382 e. The fourth-order valence-electron chi connectivity index (χ4n) is 2.12. The second-order valence-electron chi connectivity index (χ2n) is 5.06. The molecule has 0 saturated carbocycles. The van der Waals surface area contributed by atoms with Gasteiger partial charge in [0, 0.05) is 38.0 Å². The molecule has 1 unspecified atom stereocenters. The number of hydrogen-bond acceptors (Lipinski definition) is 3. The van der Waals surface area contributed by atoms with Crippen LogP contribution in [0, 0.1) is 0 Å². The van der Waals surface area contributed by atoms with Gasteiger partial charge in [0.2, 0.25) is 5.91 Å². The van der Waals surface area contributed by atoms with Crippen LogP contribution in [0.15, 0.2) is 24.3 Å². The molecule has 1 aliphatic rings. The first-order chi connectivity index (χ1) is 10.1. The molecule has 1 saturated heterocycles. The van der Waals surface area contributed by atoms with Crippen molar-refractivity contribution in [1.29, 1.82) is 0 Å². The van der Waals surface area contributed by atoms with Crippen molar-refractivity contribution >= 4 is 23.3 Å². The van der Waals surface area contributed by atoms with Crippen LogP contribution in [0.3, 0.4) is 0 Å². The van der Waals surface area contributed by atoms with Crippen LogP contribution in [0.4, 0.5) is 16.2 Å². The molecule has 2 rings (SSSR count). The lowest BCUT2D eigenvalue weighted by atomic mass is 10.2. The summed E-state index contributed by atoms with van der Waals surface area (Å²) in [5.74, 6) is -0.0365. The number of benzene rings is 1. The van der Waals surface area contributed by atoms with E-state index >= 15 is 0 Å². The number of anilines is 2. The van der Waals surface area contributed by atoms with Gasteiger partial charge in [0.15, 0.2) is 0 Å². The van der Waals surface area contributed by atoms with E-state index in [0.717, 1.165) is 11.4 Å². The number of nitrogens with zero attached hydrogens (tertiary/aromatic N) is 1. The summed E-state index contributed by atoms with van der Waals surface area (Å²) in [5, 5.41) is 5.59. The zero-order valence-corrected chi connectivity index (χ0v) is 12.4. The Bertz CT molecular complexity index is 501. The van der Waals surface area contributed by atoms with E-state index in [1.165, 1.54) is 0 Å². The Kier molecular flexibility index (Phi) is 5.16. The highest BCUT2D eigenvalue weighted by molar-refractivity contribution is 5.95. The van der Waals surface area contributed by atoms with Crippen molar-refractivity contribution in [1.82, 2.24) is 5.32 Å². The molecule has 0 bridgehead atoms. The molecule has 1 atom stereocenters. The van der Waals surface area contributed by atoms with Crippen LogP contribution in [0.5, 0.6) is 0 Å². The van der Waals surface area contributed by atoms with Crippen LogP contribution in [-0.2, 0) is 9.53 Å². The van der Waals surface area contributed by atoms with Gasteiger partial charge in [0.05, 0.1) is 6.10 Å². The fraction of sp³-hybridized carbons (Fsp3) is 0.467. The summed E-state index contributed by atoms with van der Waals surface area (Å²) in [6.07, 6.45) is 1.19. The third-order valence-electron chi connectivity index (χ3n) is 3.50. The highest BCUT2D eigenvalue weighted by atomic mass is 16.5. The molecule has 0 aliphatic carbocycles. The highest BCUT2D eigenvalue weighted by Gasteiger charge is 2.20. The molecule has 1 fully saturated rings. The van der Waals surface area contributed by atoms with Crippen molar-refractivity contribution < 1.29 is 14.3 Å². The average molecular weight is 291 g/mol. The van der Waals surface area contributed by atoms with Crippen molar-refractivity contribution in [2.75, 3.05) is 30.4 Å². The topological polar surface area (TPSA) is 70.7 Å². The number of ether oxygens (including phenoxy) is 1. The Morgan fingerprint density at radius 2 is 2.14 bits per heavy atom. The minimum absolute atomic E-state index is 0.0365. The minimum Gasteiger partial charge on any atom is -0.382 e. The number of carbonyl (C=O) groups is 2. The second-order valence-corrected chi connectivity index (χ2v) is 5.06. The number of methoxy groups -OCH3 is 1. The van der Waals surface area contributed by atoms with E-state index in [2.05, 4.69) is 10.6 Å². The second kappa shape index (κ2) is 7.08. The fourth-order valence-corrected chi connectivity index (χ4v) is 2.12. The van der Waals surface area contributed by atoms with Crippen molar-refractivity contribution in [3.8, 4) is 0 Å². The molecule has 1 heterocycles. The van der Waals surface area contributed by atoms with Gasteiger partial charge in [-0.15, -0.1) is 0 Å². The minimum atomic E-state index is -0.0830. The van der Waals surface area contributed by atoms with Crippen molar-refractivity contribution in [3.63, 3.8) is 0 Å². The van der Waals surface area contributed by atoms with E-state index < -0.39 is 0 Å². The lowest BCUT2D eigenvalue weighted by Gasteiger charge is -2.15. The maximum atomic E-state index is 11.8. The van der Waals surface area contributed by atoms with Crippen LogP contribution in [-0.4, -0.2) is 38.2 Å². The average Bonchev–Trinajstić information content (AvgIpc) is 2.91. The molecule has 1 aromatic rings. The Balaban J connectivity index is 1.87. The molecule has 0 spiro atoms. The predicted octanol–water partition coefficient (Wildman–Crippen LogP) is 1.97. The number of urea groups is 1. The number of carbonyl (C=O) groups excluding carboxylic acids is 2. The molecule has 2 N–H and O–H groups in total. The molecule has 21 heavy (non-hydrogen) atoms. The summed E-state index contributed by atoms with van der Waals surface area (Å²) in [6, 6.07) is 7.19. The van der Waals surface area contributed by atoms with E-state index in [4.69, 9.17) is 4.74 Å². The van der Waals surface area contributed by atoms with E-state index in [1.54, 1.807) is 24.1 Å². The van der Waals surface area contributed by atoms with E-state index in [-0.39, 0.29) is 18.0 Å². The number of rotatable bonds is 6. The quantitative estimate of drug-likeness (QED) is 0.842. The predicted molar refractivity (Wildman–Crippen MR) is 81.5 cm³/mol. The zero-order chi connectivity index (χ0) is 15.2. The molecule has 0 aromatic heterocycles. The summed E-state index contributed by atoms with van der Waals surface area (Å²) in [7, 11) is 1.63. The standard InChI is InChI=1S/C15H21N3O3/c1-11(21-2)3-8-14(19)17-12-4-6-13(7-5-12)18-10-9-16-15(18)20/h4-7,11H,3,8-10H2,1-2H3,(H,16,20)(H,17,19). The molecule has 1 aliphatic heterocycles. The van der Waals surface area contributed by atoms with Gasteiger partial charge in [-0.3, -0.25) is 9.69 Å². The molecule has 114 valence electrons. The van der Waals surface area contributed by atoms with Crippen LogP contribution in [0.1, 0.15) is 19.8 Å². The first kappa shape index (κ1) is 15.3. The smallest absolute Gasteiger partial charge is 0.321 e. The molecular weight excluding hydrogens is 270 g/mol. The Morgan fingerprint density at radius 1 is 1.43 bits per heavy atom. The molecule has 6 heteroatoms. The van der Waals surface area contributed by atoms with Gasteiger partial charge in [-0.25, -0.2) is 4.79 Å². The van der Waals surface area contributed by atoms with Crippen molar-refractivity contribution in [2.45, 2.75) is 25.9 Å². The Hall–Kier alpha value is -2.08. The molecule has 0 radical (unpaired) electrons. The number of hydrogen-bond donors (Lipinski definition) is 2. The van der Waals surface area contributed by atoms with Crippen LogP contribution in [0.2, 0.25) is 0 Å². The SMILES string of the molecule is COC(C)CCC(=O)Nc1ccc(N2CCNC2=O)cc1. The van der Waals surface area contributed by atoms with Gasteiger partial charge in [0.1, 0.15) is 0 Å². The van der Waals surface area contributed by atoms with Gasteiger partial charge in [-0.2, -0.15) is 0 Å². The summed E-state index contributed by atoms with van der Waals surface area (Å²) in [4.78, 5) is 25.0. The lowest BCUT2D eigenvalue weighted by Crippen LogP contribution is -2.27. The highest BCUT2D eigenvalue weighted by Crippen LogP contribution is 2.19. The van der Waals surface area contributed by atoms with Gasteiger partial charge < -0.3 is 15.4 Å². The third kappa shape index (κ3) is 4.19. The summed E-state index contributed by atoms with van der Waals surface area (Å²) < 4.78 is 5.11. The Labute approximate surface area is 124 Å². The third-order valence-corrected chi connectivity index (χ3v) is 3.50. The van der Waals surface area contributed by atoms with Gasteiger partial charge in [0.25, 0.3) is 0 Å². The van der Waals surface area contributed by atoms with E-state index in [1.807, 2.05) is 19.1 Å². The maximum absolute atomic E-state index is 11.8. The lowest BCUT2D eigenvalue weighted by molar-refractivity contribution is -0.116. The van der Waals surface area contributed by atoms with Gasteiger partial charge in [-0.05, 0) is 37.6 Å². The summed E-state index contributed by atoms with van der Waals surface area (Å²) in [5.41, 5.74) is 1.56. The first-order valence-corrected chi connectivity index (χ1v) is 7.08. The molecule has 1 aromatic carbocycles. The van der Waals surface area contributed by atoms with Crippen LogP contribution < -0.4 is 15.5 Å². The van der Waals surface area contributed by atoms with E-state index in [0.29, 0.717) is 25.9 Å². The Morgan fingerprint density at radius 3 is 2.71 bits per heavy atom. The van der Waals surface area contributed by atoms with Gasteiger partial charge >= 0.3 is 6.03 Å². The van der Waals surface area contributed by atoms with Gasteiger partial charge in [-0.1, -0.05) is 0 Å². The molecule has 6 nitrogen and oxygen atoms in total. The first-order valence-electron chi connectivity index (χ1n) is 7.08. The summed E-state index contributed by atoms with van der Waals surface area (Å²) in [6.45, 7) is 3.26. The summed E-state index contributed by atoms with van der Waals surface area (Å²) >= 11 is 0.